The van der Waals surface area contributed by atoms with Gasteiger partial charge in [0.25, 0.3) is 0 Å². The molecule has 2 heterocycles. The molecule has 1 aliphatic heterocycles. The van der Waals surface area contributed by atoms with Crippen molar-refractivity contribution in [1.82, 2.24) is 15.6 Å². The third-order valence-corrected chi connectivity index (χ3v) is 3.77. The van der Waals surface area contributed by atoms with Crippen molar-refractivity contribution in [3.8, 4) is 0 Å². The zero-order chi connectivity index (χ0) is 13.0. The lowest BCUT2D eigenvalue weighted by Gasteiger charge is -2.29. The van der Waals surface area contributed by atoms with Gasteiger partial charge in [-0.15, -0.1) is 36.2 Å². The van der Waals surface area contributed by atoms with E-state index in [2.05, 4.69) is 15.6 Å². The van der Waals surface area contributed by atoms with Gasteiger partial charge in [0, 0.05) is 24.9 Å². The lowest BCUT2D eigenvalue weighted by molar-refractivity contribution is -0.128. The zero-order valence-electron chi connectivity index (χ0n) is 11.5. The van der Waals surface area contributed by atoms with E-state index in [4.69, 9.17) is 4.74 Å². The second kappa shape index (κ2) is 9.52. The number of nitrogens with one attached hydrogen (secondary N) is 2. The van der Waals surface area contributed by atoms with E-state index in [1.807, 2.05) is 19.2 Å². The normalized spacial score (nSPS) is 21.5. The summed E-state index contributed by atoms with van der Waals surface area (Å²) in [4.78, 5) is 16.3. The van der Waals surface area contributed by atoms with Crippen molar-refractivity contribution in [2.75, 3.05) is 19.7 Å². The molecule has 0 aromatic carbocycles. The highest BCUT2D eigenvalue weighted by Gasteiger charge is 2.27. The number of aryl methyl sites for hydroxylation is 1. The summed E-state index contributed by atoms with van der Waals surface area (Å²) in [5.41, 5.74) is 1.04. The molecule has 0 bridgehead atoms. The first-order chi connectivity index (χ1) is 8.66. The number of thiazole rings is 1. The van der Waals surface area contributed by atoms with Gasteiger partial charge in [0.05, 0.1) is 23.4 Å². The van der Waals surface area contributed by atoms with Crippen molar-refractivity contribution in [1.29, 1.82) is 0 Å². The van der Waals surface area contributed by atoms with Crippen molar-refractivity contribution in [2.45, 2.75) is 32.4 Å². The van der Waals surface area contributed by atoms with Gasteiger partial charge in [-0.25, -0.2) is 4.98 Å². The van der Waals surface area contributed by atoms with Crippen LogP contribution in [-0.4, -0.2) is 42.7 Å². The molecule has 0 unspecified atom stereocenters. The predicted molar refractivity (Wildman–Crippen MR) is 85.3 cm³/mol. The fourth-order valence-corrected chi connectivity index (χ4v) is 2.62. The Morgan fingerprint density at radius 1 is 1.60 bits per heavy atom. The molecule has 20 heavy (non-hydrogen) atoms. The summed E-state index contributed by atoms with van der Waals surface area (Å²) in [6.07, 6.45) is 0.707. The summed E-state index contributed by atoms with van der Waals surface area (Å²) < 4.78 is 5.45. The number of hydrogen-bond acceptors (Lipinski definition) is 5. The van der Waals surface area contributed by atoms with Gasteiger partial charge < -0.3 is 15.4 Å². The highest BCUT2D eigenvalue weighted by atomic mass is 35.5. The summed E-state index contributed by atoms with van der Waals surface area (Å²) in [5, 5.41) is 9.19. The number of nitrogens with zero attached hydrogens (tertiary/aromatic N) is 1. The first-order valence-corrected chi connectivity index (χ1v) is 7.08. The molecule has 8 heteroatoms. The van der Waals surface area contributed by atoms with Gasteiger partial charge in [-0.05, 0) is 13.8 Å². The molecule has 116 valence electrons. The molecule has 1 fully saturated rings. The Bertz CT molecular complexity index is 417. The molecule has 0 saturated carbocycles. The topological polar surface area (TPSA) is 63.2 Å². The second-order valence-corrected chi connectivity index (χ2v) is 5.47. The number of carbonyl (C=O) groups excluding carboxylic acids is 1. The van der Waals surface area contributed by atoms with Crippen LogP contribution in [0.3, 0.4) is 0 Å². The van der Waals surface area contributed by atoms with Crippen molar-refractivity contribution in [3.05, 3.63) is 16.1 Å². The van der Waals surface area contributed by atoms with E-state index in [0.717, 1.165) is 23.7 Å². The van der Waals surface area contributed by atoms with Crippen LogP contribution in [0.4, 0.5) is 0 Å². The molecular weight excluding hydrogens is 321 g/mol. The van der Waals surface area contributed by atoms with E-state index in [1.165, 1.54) is 0 Å². The Hall–Kier alpha value is -0.400. The molecule has 2 atom stereocenters. The molecule has 1 saturated heterocycles. The van der Waals surface area contributed by atoms with Crippen molar-refractivity contribution < 1.29 is 9.53 Å². The second-order valence-electron chi connectivity index (χ2n) is 4.41. The van der Waals surface area contributed by atoms with Crippen molar-refractivity contribution in [2.24, 2.45) is 0 Å². The highest BCUT2D eigenvalue weighted by molar-refractivity contribution is 7.09. The molecule has 0 aliphatic carbocycles. The first-order valence-electron chi connectivity index (χ1n) is 6.20. The Labute approximate surface area is 135 Å². The maximum atomic E-state index is 11.9. The quantitative estimate of drug-likeness (QED) is 0.867. The Morgan fingerprint density at radius 2 is 2.35 bits per heavy atom. The number of ether oxygens (including phenoxy) is 1. The lowest BCUT2D eigenvalue weighted by atomic mass is 10.1. The molecule has 1 aromatic heterocycles. The molecule has 0 radical (unpaired) electrons. The third kappa shape index (κ3) is 5.54. The summed E-state index contributed by atoms with van der Waals surface area (Å²) >= 11 is 1.64. The van der Waals surface area contributed by atoms with Crippen LogP contribution in [0.25, 0.3) is 0 Å². The lowest BCUT2D eigenvalue weighted by Crippen LogP contribution is -2.55. The Kier molecular flexibility index (Phi) is 9.33. The number of amides is 1. The van der Waals surface area contributed by atoms with Crippen molar-refractivity contribution in [3.63, 3.8) is 0 Å². The van der Waals surface area contributed by atoms with Crippen LogP contribution in [0.15, 0.2) is 5.38 Å². The van der Waals surface area contributed by atoms with Crippen LogP contribution in [0, 0.1) is 6.92 Å². The maximum Gasteiger partial charge on any atom is 0.239 e. The fraction of sp³-hybridized carbons (Fsp3) is 0.667. The Morgan fingerprint density at radius 3 is 2.95 bits per heavy atom. The number of morpholine rings is 1. The van der Waals surface area contributed by atoms with Crippen molar-refractivity contribution >= 4 is 42.1 Å². The fourth-order valence-electron chi connectivity index (χ4n) is 1.97. The number of rotatable bonds is 4. The van der Waals surface area contributed by atoms with Crippen LogP contribution in [0.1, 0.15) is 17.6 Å². The van der Waals surface area contributed by atoms with Gasteiger partial charge in [0.2, 0.25) is 5.91 Å². The van der Waals surface area contributed by atoms with E-state index in [9.17, 15) is 4.79 Å². The van der Waals surface area contributed by atoms with E-state index in [-0.39, 0.29) is 42.9 Å². The van der Waals surface area contributed by atoms with Gasteiger partial charge in [-0.3, -0.25) is 4.79 Å². The average molecular weight is 342 g/mol. The largest absolute Gasteiger partial charge is 0.375 e. The van der Waals surface area contributed by atoms with E-state index in [1.54, 1.807) is 11.3 Å². The minimum Gasteiger partial charge on any atom is -0.375 e. The summed E-state index contributed by atoms with van der Waals surface area (Å²) in [5.74, 6) is 0.00847. The SMILES string of the molecule is Cc1nc(CCNC(=O)[C@H]2NCCO[C@@H]2C)cs1.Cl.Cl. The number of aromatic nitrogens is 1. The molecule has 1 amide bonds. The van der Waals surface area contributed by atoms with Crippen LogP contribution in [-0.2, 0) is 16.0 Å². The van der Waals surface area contributed by atoms with Gasteiger partial charge in [0.1, 0.15) is 6.04 Å². The summed E-state index contributed by atoms with van der Waals surface area (Å²) in [7, 11) is 0. The van der Waals surface area contributed by atoms with Crippen LogP contribution in [0.2, 0.25) is 0 Å². The molecule has 5 nitrogen and oxygen atoms in total. The molecule has 1 aromatic rings. The smallest absolute Gasteiger partial charge is 0.239 e. The number of halogens is 2. The minimum absolute atomic E-state index is 0. The summed E-state index contributed by atoms with van der Waals surface area (Å²) in [6.45, 7) is 5.92. The molecular formula is C12H21Cl2N3O2S. The van der Waals surface area contributed by atoms with Gasteiger partial charge in [-0.1, -0.05) is 0 Å². The van der Waals surface area contributed by atoms with Crippen LogP contribution < -0.4 is 10.6 Å². The van der Waals surface area contributed by atoms with Crippen LogP contribution in [0.5, 0.6) is 0 Å². The number of hydrogen-bond donors (Lipinski definition) is 2. The maximum absolute atomic E-state index is 11.9. The predicted octanol–water partition coefficient (Wildman–Crippen LogP) is 1.33. The van der Waals surface area contributed by atoms with E-state index < -0.39 is 0 Å². The third-order valence-electron chi connectivity index (χ3n) is 2.95. The minimum atomic E-state index is -0.240. The van der Waals surface area contributed by atoms with E-state index in [0.29, 0.717) is 13.2 Å². The standard InChI is InChI=1S/C12H19N3O2S.2ClH/c1-8-11(13-5-6-17-8)12(16)14-4-3-10-7-18-9(2)15-10;;/h7-8,11,13H,3-6H2,1-2H3,(H,14,16);2*1H/t8-,11+;;/m1../s1. The zero-order valence-corrected chi connectivity index (χ0v) is 14.0. The molecule has 2 N–H and O–H groups in total. The summed E-state index contributed by atoms with van der Waals surface area (Å²) in [6, 6.07) is -0.240. The average Bonchev–Trinajstić information content (AvgIpc) is 2.75. The molecule has 0 spiro atoms. The molecule has 2 rings (SSSR count). The van der Waals surface area contributed by atoms with Gasteiger partial charge in [0.15, 0.2) is 0 Å². The first kappa shape index (κ1) is 19.6. The number of carbonyl (C=O) groups is 1. The monoisotopic (exact) mass is 341 g/mol. The molecule has 1 aliphatic rings. The van der Waals surface area contributed by atoms with Gasteiger partial charge in [-0.2, -0.15) is 0 Å². The van der Waals surface area contributed by atoms with E-state index >= 15 is 0 Å². The highest BCUT2D eigenvalue weighted by Crippen LogP contribution is 2.08. The van der Waals surface area contributed by atoms with Crippen LogP contribution >= 0.6 is 36.2 Å². The Balaban J connectivity index is 0.00000180. The van der Waals surface area contributed by atoms with Gasteiger partial charge >= 0.3 is 0 Å².